The average Bonchev–Trinajstić information content (AvgIpc) is 2.80. The normalized spacial score (nSPS) is 22.7. The summed E-state index contributed by atoms with van der Waals surface area (Å²) in [5, 5.41) is 9.72. The van der Waals surface area contributed by atoms with Gasteiger partial charge in [0.1, 0.15) is 5.82 Å². The molecule has 21 heavy (non-hydrogen) atoms. The zero-order valence-electron chi connectivity index (χ0n) is 11.7. The first-order valence-corrected chi connectivity index (χ1v) is 6.97. The highest BCUT2D eigenvalue weighted by molar-refractivity contribution is 5.77. The van der Waals surface area contributed by atoms with E-state index in [1.165, 1.54) is 0 Å². The minimum absolute atomic E-state index is 0.106. The predicted molar refractivity (Wildman–Crippen MR) is 77.9 cm³/mol. The van der Waals surface area contributed by atoms with Crippen LogP contribution in [0.5, 0.6) is 0 Å². The van der Waals surface area contributed by atoms with E-state index in [0.29, 0.717) is 36.4 Å². The summed E-state index contributed by atoms with van der Waals surface area (Å²) in [5.74, 6) is -0.422. The van der Waals surface area contributed by atoms with Gasteiger partial charge in [-0.15, -0.1) is 0 Å². The van der Waals surface area contributed by atoms with Crippen molar-refractivity contribution >= 4 is 16.9 Å². The number of aliphatic carboxylic acids is 1. The van der Waals surface area contributed by atoms with E-state index in [-0.39, 0.29) is 17.4 Å². The molecule has 0 saturated carbocycles. The molecule has 1 saturated heterocycles. The number of benzene rings is 1. The molecule has 1 aliphatic rings. The maximum atomic E-state index is 12.0. The van der Waals surface area contributed by atoms with Crippen LogP contribution in [-0.4, -0.2) is 39.0 Å². The maximum absolute atomic E-state index is 12.0. The Kier molecular flexibility index (Phi) is 3.47. The van der Waals surface area contributed by atoms with Crippen molar-refractivity contribution in [3.05, 3.63) is 40.4 Å². The Morgan fingerprint density at radius 1 is 1.43 bits per heavy atom. The third-order valence-corrected chi connectivity index (χ3v) is 4.04. The number of hydrogen-bond acceptors (Lipinski definition) is 4. The second-order valence-electron chi connectivity index (χ2n) is 5.65. The molecule has 3 rings (SSSR count). The highest BCUT2D eigenvalue weighted by Gasteiger charge is 2.34. The molecule has 1 aromatic carbocycles. The Balaban J connectivity index is 1.83. The summed E-state index contributed by atoms with van der Waals surface area (Å²) >= 11 is 0. The van der Waals surface area contributed by atoms with Gasteiger partial charge in [-0.3, -0.25) is 14.5 Å². The van der Waals surface area contributed by atoms with Crippen molar-refractivity contribution in [3.63, 3.8) is 0 Å². The molecule has 0 amide bonds. The van der Waals surface area contributed by atoms with Gasteiger partial charge in [-0.25, -0.2) is 4.98 Å². The van der Waals surface area contributed by atoms with Crippen LogP contribution < -0.4 is 5.56 Å². The molecule has 1 aliphatic heterocycles. The first kappa shape index (κ1) is 13.8. The van der Waals surface area contributed by atoms with Crippen molar-refractivity contribution in [1.82, 2.24) is 14.9 Å². The largest absolute Gasteiger partial charge is 0.481 e. The Morgan fingerprint density at radius 2 is 2.19 bits per heavy atom. The molecule has 0 bridgehead atoms. The van der Waals surface area contributed by atoms with Crippen LogP contribution in [0.3, 0.4) is 0 Å². The number of likely N-dealkylation sites (tertiary alicyclic amines) is 1. The molecule has 2 atom stereocenters. The van der Waals surface area contributed by atoms with E-state index >= 15 is 0 Å². The SMILES string of the molecule is CC1CN(Cc2nc3ccccc3c(=O)[nH]2)CC1C(=O)O. The quantitative estimate of drug-likeness (QED) is 0.882. The standard InChI is InChI=1S/C15H17N3O3/c1-9-6-18(7-11(9)15(20)21)8-13-16-12-5-3-2-4-10(12)14(19)17-13/h2-5,9,11H,6-8H2,1H3,(H,20,21)(H,16,17,19). The van der Waals surface area contributed by atoms with Crippen LogP contribution in [0.4, 0.5) is 0 Å². The van der Waals surface area contributed by atoms with Gasteiger partial charge in [0.05, 0.1) is 23.4 Å². The van der Waals surface area contributed by atoms with Crippen LogP contribution in [0.1, 0.15) is 12.7 Å². The number of carboxylic acids is 1. The number of nitrogens with one attached hydrogen (secondary N) is 1. The lowest BCUT2D eigenvalue weighted by atomic mass is 9.99. The molecule has 0 spiro atoms. The third-order valence-electron chi connectivity index (χ3n) is 4.04. The summed E-state index contributed by atoms with van der Waals surface area (Å²) in [6, 6.07) is 7.19. The molecular formula is C15H17N3O3. The molecule has 0 radical (unpaired) electrons. The maximum Gasteiger partial charge on any atom is 0.308 e. The van der Waals surface area contributed by atoms with Crippen molar-refractivity contribution in [3.8, 4) is 0 Å². The van der Waals surface area contributed by atoms with E-state index < -0.39 is 5.97 Å². The van der Waals surface area contributed by atoms with Crippen molar-refractivity contribution in [2.24, 2.45) is 11.8 Å². The van der Waals surface area contributed by atoms with E-state index in [0.717, 1.165) is 0 Å². The van der Waals surface area contributed by atoms with E-state index in [9.17, 15) is 9.59 Å². The number of carbonyl (C=O) groups is 1. The molecule has 110 valence electrons. The van der Waals surface area contributed by atoms with Crippen LogP contribution in [-0.2, 0) is 11.3 Å². The van der Waals surface area contributed by atoms with Gasteiger partial charge in [0.15, 0.2) is 0 Å². The van der Waals surface area contributed by atoms with Gasteiger partial charge in [-0.05, 0) is 18.1 Å². The number of H-pyrrole nitrogens is 1. The van der Waals surface area contributed by atoms with Crippen molar-refractivity contribution in [2.45, 2.75) is 13.5 Å². The van der Waals surface area contributed by atoms with Crippen LogP contribution in [0.25, 0.3) is 10.9 Å². The predicted octanol–water partition coefficient (Wildman–Crippen LogP) is 1.08. The molecule has 2 aromatic rings. The molecule has 2 heterocycles. The summed E-state index contributed by atoms with van der Waals surface area (Å²) < 4.78 is 0. The monoisotopic (exact) mass is 287 g/mol. The van der Waals surface area contributed by atoms with Gasteiger partial charge in [0, 0.05) is 13.1 Å². The fourth-order valence-electron chi connectivity index (χ4n) is 2.94. The first-order valence-electron chi connectivity index (χ1n) is 6.97. The number of nitrogens with zero attached hydrogens (tertiary/aromatic N) is 2. The first-order chi connectivity index (χ1) is 10.0. The minimum Gasteiger partial charge on any atom is -0.481 e. The van der Waals surface area contributed by atoms with E-state index in [2.05, 4.69) is 9.97 Å². The minimum atomic E-state index is -0.759. The number of fused-ring (bicyclic) bond motifs is 1. The lowest BCUT2D eigenvalue weighted by Gasteiger charge is -2.14. The number of rotatable bonds is 3. The fraction of sp³-hybridized carbons (Fsp3) is 0.400. The molecule has 6 heteroatoms. The molecule has 1 aromatic heterocycles. The van der Waals surface area contributed by atoms with Crippen LogP contribution >= 0.6 is 0 Å². The zero-order valence-corrected chi connectivity index (χ0v) is 11.7. The van der Waals surface area contributed by atoms with Gasteiger partial charge in [-0.1, -0.05) is 19.1 Å². The topological polar surface area (TPSA) is 86.3 Å². The summed E-state index contributed by atoms with van der Waals surface area (Å²) in [7, 11) is 0. The lowest BCUT2D eigenvalue weighted by Crippen LogP contribution is -2.25. The number of para-hydroxylation sites is 1. The average molecular weight is 287 g/mol. The molecule has 2 unspecified atom stereocenters. The molecule has 2 N–H and O–H groups in total. The van der Waals surface area contributed by atoms with Crippen molar-refractivity contribution in [2.75, 3.05) is 13.1 Å². The van der Waals surface area contributed by atoms with E-state index in [1.54, 1.807) is 18.2 Å². The highest BCUT2D eigenvalue weighted by atomic mass is 16.4. The Morgan fingerprint density at radius 3 is 2.90 bits per heavy atom. The number of carboxylic acid groups (broad SMARTS) is 1. The molecule has 0 aliphatic carbocycles. The lowest BCUT2D eigenvalue weighted by molar-refractivity contribution is -0.142. The fourth-order valence-corrected chi connectivity index (χ4v) is 2.94. The van der Waals surface area contributed by atoms with Gasteiger partial charge in [0.2, 0.25) is 0 Å². The molecule has 6 nitrogen and oxygen atoms in total. The van der Waals surface area contributed by atoms with Crippen LogP contribution in [0.2, 0.25) is 0 Å². The second-order valence-corrected chi connectivity index (χ2v) is 5.65. The zero-order chi connectivity index (χ0) is 15.0. The molecule has 1 fully saturated rings. The van der Waals surface area contributed by atoms with Gasteiger partial charge in [0.25, 0.3) is 5.56 Å². The second kappa shape index (κ2) is 5.29. The van der Waals surface area contributed by atoms with Gasteiger partial charge in [-0.2, -0.15) is 0 Å². The Labute approximate surface area is 121 Å². The Hall–Kier alpha value is -2.21. The third kappa shape index (κ3) is 2.67. The summed E-state index contributed by atoms with van der Waals surface area (Å²) in [5.41, 5.74) is 0.510. The number of aromatic nitrogens is 2. The number of hydrogen-bond donors (Lipinski definition) is 2. The van der Waals surface area contributed by atoms with Crippen molar-refractivity contribution in [1.29, 1.82) is 0 Å². The summed E-state index contributed by atoms with van der Waals surface area (Å²) in [4.78, 5) is 32.4. The summed E-state index contributed by atoms with van der Waals surface area (Å²) in [6.45, 7) is 3.60. The van der Waals surface area contributed by atoms with Crippen molar-refractivity contribution < 1.29 is 9.90 Å². The smallest absolute Gasteiger partial charge is 0.308 e. The molecular weight excluding hydrogens is 270 g/mol. The summed E-state index contributed by atoms with van der Waals surface area (Å²) in [6.07, 6.45) is 0. The van der Waals surface area contributed by atoms with E-state index in [1.807, 2.05) is 17.9 Å². The van der Waals surface area contributed by atoms with Crippen LogP contribution in [0, 0.1) is 11.8 Å². The van der Waals surface area contributed by atoms with E-state index in [4.69, 9.17) is 5.11 Å². The van der Waals surface area contributed by atoms with Gasteiger partial charge >= 0.3 is 5.97 Å². The van der Waals surface area contributed by atoms with Gasteiger partial charge < -0.3 is 10.1 Å². The number of aromatic amines is 1. The van der Waals surface area contributed by atoms with Crippen LogP contribution in [0.15, 0.2) is 29.1 Å². The highest BCUT2D eigenvalue weighted by Crippen LogP contribution is 2.24. The Bertz CT molecular complexity index is 740.